The second-order valence-corrected chi connectivity index (χ2v) is 8.21. The normalized spacial score (nSPS) is 19.4. The first-order valence-electron chi connectivity index (χ1n) is 10.8. The second kappa shape index (κ2) is 9.98. The summed E-state index contributed by atoms with van der Waals surface area (Å²) in [6.45, 7) is 7.51. The van der Waals surface area contributed by atoms with Crippen LogP contribution in [0.15, 0.2) is 41.7 Å². The van der Waals surface area contributed by atoms with Gasteiger partial charge in [0.15, 0.2) is 5.96 Å². The molecule has 4 rings (SSSR count). The smallest absolute Gasteiger partial charge is 0.191 e. The third-order valence-electron chi connectivity index (χ3n) is 5.57. The zero-order valence-electron chi connectivity index (χ0n) is 17.5. The molecule has 2 aliphatic heterocycles. The SMILES string of the molecule is CCNC(=NCc1ccc(N2CCCC2)nc1)NC1CCN(c2ncccc2Cl)C1. The molecule has 160 valence electrons. The number of guanidine groups is 1. The van der Waals surface area contributed by atoms with Crippen molar-refractivity contribution in [1.82, 2.24) is 20.6 Å². The van der Waals surface area contributed by atoms with Gasteiger partial charge in [-0.3, -0.25) is 0 Å². The molecule has 0 spiro atoms. The number of nitrogens with zero attached hydrogens (tertiary/aromatic N) is 5. The number of hydrogen-bond acceptors (Lipinski definition) is 5. The molecule has 30 heavy (non-hydrogen) atoms. The van der Waals surface area contributed by atoms with Crippen molar-refractivity contribution >= 4 is 29.2 Å². The van der Waals surface area contributed by atoms with Gasteiger partial charge in [0.05, 0.1) is 11.6 Å². The Balaban J connectivity index is 1.34. The number of aromatic nitrogens is 2. The lowest BCUT2D eigenvalue weighted by atomic mass is 10.2. The summed E-state index contributed by atoms with van der Waals surface area (Å²) in [6, 6.07) is 8.30. The number of aliphatic imine (C=N–C) groups is 1. The first-order valence-corrected chi connectivity index (χ1v) is 11.2. The fraction of sp³-hybridized carbons (Fsp3) is 0.500. The van der Waals surface area contributed by atoms with Crippen molar-refractivity contribution in [2.45, 2.75) is 38.8 Å². The Morgan fingerprint density at radius 1 is 1.17 bits per heavy atom. The summed E-state index contributed by atoms with van der Waals surface area (Å²) >= 11 is 6.31. The Kier molecular flexibility index (Phi) is 6.89. The minimum atomic E-state index is 0.302. The van der Waals surface area contributed by atoms with Gasteiger partial charge in [0.2, 0.25) is 0 Å². The van der Waals surface area contributed by atoms with E-state index in [1.807, 2.05) is 18.3 Å². The molecule has 4 heterocycles. The van der Waals surface area contributed by atoms with Crippen molar-refractivity contribution in [3.05, 3.63) is 47.2 Å². The standard InChI is InChI=1S/C22H30ClN7/c1-2-24-22(27-15-17-7-8-20(26-14-17)29-11-3-4-12-29)28-18-9-13-30(16-18)21-19(23)6-5-10-25-21/h5-8,10,14,18H,2-4,9,11-13,15-16H2,1H3,(H2,24,27,28). The molecular formula is C22H30ClN7. The fourth-order valence-electron chi connectivity index (χ4n) is 4.01. The predicted octanol–water partition coefficient (Wildman–Crippen LogP) is 3.06. The molecule has 2 saturated heterocycles. The largest absolute Gasteiger partial charge is 0.357 e. The van der Waals surface area contributed by atoms with Gasteiger partial charge in [0.25, 0.3) is 0 Å². The molecule has 1 unspecified atom stereocenters. The fourth-order valence-corrected chi connectivity index (χ4v) is 4.25. The molecule has 2 fully saturated rings. The Labute approximate surface area is 183 Å². The second-order valence-electron chi connectivity index (χ2n) is 7.80. The summed E-state index contributed by atoms with van der Waals surface area (Å²) in [7, 11) is 0. The summed E-state index contributed by atoms with van der Waals surface area (Å²) in [5, 5.41) is 7.61. The lowest BCUT2D eigenvalue weighted by Crippen LogP contribution is -2.44. The quantitative estimate of drug-likeness (QED) is 0.545. The Hall–Kier alpha value is -2.54. The maximum Gasteiger partial charge on any atom is 0.191 e. The molecule has 1 atom stereocenters. The summed E-state index contributed by atoms with van der Waals surface area (Å²) in [5.41, 5.74) is 1.11. The van der Waals surface area contributed by atoms with Gasteiger partial charge in [0, 0.05) is 51.2 Å². The van der Waals surface area contributed by atoms with Crippen molar-refractivity contribution in [2.24, 2.45) is 4.99 Å². The van der Waals surface area contributed by atoms with E-state index in [0.29, 0.717) is 17.6 Å². The molecule has 2 N–H and O–H groups in total. The highest BCUT2D eigenvalue weighted by Crippen LogP contribution is 2.25. The monoisotopic (exact) mass is 427 g/mol. The van der Waals surface area contributed by atoms with E-state index in [-0.39, 0.29) is 0 Å². The Morgan fingerprint density at radius 3 is 2.77 bits per heavy atom. The summed E-state index contributed by atoms with van der Waals surface area (Å²) in [6.07, 6.45) is 7.27. The van der Waals surface area contributed by atoms with Crippen LogP contribution in [0.4, 0.5) is 11.6 Å². The van der Waals surface area contributed by atoms with E-state index >= 15 is 0 Å². The highest BCUT2D eigenvalue weighted by Gasteiger charge is 2.25. The molecule has 2 aromatic rings. The highest BCUT2D eigenvalue weighted by atomic mass is 35.5. The van der Waals surface area contributed by atoms with Crippen molar-refractivity contribution in [3.8, 4) is 0 Å². The van der Waals surface area contributed by atoms with Crippen LogP contribution in [0.2, 0.25) is 5.02 Å². The molecule has 0 saturated carbocycles. The highest BCUT2D eigenvalue weighted by molar-refractivity contribution is 6.32. The Morgan fingerprint density at radius 2 is 2.03 bits per heavy atom. The minimum Gasteiger partial charge on any atom is -0.357 e. The lowest BCUT2D eigenvalue weighted by Gasteiger charge is -2.20. The van der Waals surface area contributed by atoms with Crippen molar-refractivity contribution < 1.29 is 0 Å². The van der Waals surface area contributed by atoms with Crippen LogP contribution in [0, 0.1) is 0 Å². The van der Waals surface area contributed by atoms with Gasteiger partial charge in [0.1, 0.15) is 11.6 Å². The van der Waals surface area contributed by atoms with Gasteiger partial charge in [-0.25, -0.2) is 15.0 Å². The van der Waals surface area contributed by atoms with Gasteiger partial charge in [-0.05, 0) is 49.9 Å². The summed E-state index contributed by atoms with van der Waals surface area (Å²) in [4.78, 5) is 18.4. The molecule has 0 radical (unpaired) electrons. The van der Waals surface area contributed by atoms with Crippen LogP contribution < -0.4 is 20.4 Å². The van der Waals surface area contributed by atoms with E-state index in [1.165, 1.54) is 12.8 Å². The van der Waals surface area contributed by atoms with Crippen molar-refractivity contribution in [1.29, 1.82) is 0 Å². The molecule has 0 bridgehead atoms. The van der Waals surface area contributed by atoms with E-state index in [9.17, 15) is 0 Å². The van der Waals surface area contributed by atoms with Crippen LogP contribution in [0.5, 0.6) is 0 Å². The molecule has 7 nitrogen and oxygen atoms in total. The number of rotatable bonds is 6. The third kappa shape index (κ3) is 5.14. The minimum absolute atomic E-state index is 0.302. The van der Waals surface area contributed by atoms with E-state index < -0.39 is 0 Å². The van der Waals surface area contributed by atoms with E-state index in [4.69, 9.17) is 16.6 Å². The van der Waals surface area contributed by atoms with Crippen LogP contribution in [0.3, 0.4) is 0 Å². The number of anilines is 2. The van der Waals surface area contributed by atoms with Gasteiger partial charge in [-0.15, -0.1) is 0 Å². The maximum absolute atomic E-state index is 6.31. The van der Waals surface area contributed by atoms with Crippen LogP contribution in [0.1, 0.15) is 31.7 Å². The van der Waals surface area contributed by atoms with Gasteiger partial charge >= 0.3 is 0 Å². The third-order valence-corrected chi connectivity index (χ3v) is 5.87. The average molecular weight is 428 g/mol. The maximum atomic E-state index is 6.31. The van der Waals surface area contributed by atoms with Gasteiger partial charge in [-0.1, -0.05) is 17.7 Å². The first kappa shape index (κ1) is 20.7. The average Bonchev–Trinajstić information content (AvgIpc) is 3.45. The van der Waals surface area contributed by atoms with Crippen LogP contribution in [-0.2, 0) is 6.54 Å². The van der Waals surface area contributed by atoms with Crippen LogP contribution >= 0.6 is 11.6 Å². The van der Waals surface area contributed by atoms with Crippen molar-refractivity contribution in [2.75, 3.05) is 42.5 Å². The molecule has 8 heteroatoms. The molecule has 0 aromatic carbocycles. The molecule has 2 aromatic heterocycles. The van der Waals surface area contributed by atoms with E-state index in [1.54, 1.807) is 6.20 Å². The van der Waals surface area contributed by atoms with Crippen LogP contribution in [-0.4, -0.2) is 54.7 Å². The Bertz CT molecular complexity index is 849. The van der Waals surface area contributed by atoms with Gasteiger partial charge < -0.3 is 20.4 Å². The molecule has 0 amide bonds. The number of hydrogen-bond donors (Lipinski definition) is 2. The summed E-state index contributed by atoms with van der Waals surface area (Å²) in [5.74, 6) is 2.76. The lowest BCUT2D eigenvalue weighted by molar-refractivity contribution is 0.648. The summed E-state index contributed by atoms with van der Waals surface area (Å²) < 4.78 is 0. The van der Waals surface area contributed by atoms with E-state index in [2.05, 4.69) is 49.5 Å². The number of nitrogens with one attached hydrogen (secondary N) is 2. The zero-order valence-corrected chi connectivity index (χ0v) is 18.3. The molecule has 0 aliphatic carbocycles. The van der Waals surface area contributed by atoms with Crippen LogP contribution in [0.25, 0.3) is 0 Å². The first-order chi connectivity index (χ1) is 14.7. The zero-order chi connectivity index (χ0) is 20.8. The number of halogens is 1. The number of pyridine rings is 2. The van der Waals surface area contributed by atoms with Crippen molar-refractivity contribution in [3.63, 3.8) is 0 Å². The molecular weight excluding hydrogens is 398 g/mol. The molecule has 2 aliphatic rings. The van der Waals surface area contributed by atoms with Gasteiger partial charge in [-0.2, -0.15) is 0 Å². The van der Waals surface area contributed by atoms with E-state index in [0.717, 1.165) is 62.3 Å². The predicted molar refractivity (Wildman–Crippen MR) is 124 cm³/mol. The topological polar surface area (TPSA) is 68.7 Å².